The van der Waals surface area contributed by atoms with Gasteiger partial charge in [0.05, 0.1) is 6.10 Å². The molecule has 0 radical (unpaired) electrons. The molecule has 29 heavy (non-hydrogen) atoms. The molecule has 1 fully saturated rings. The fourth-order valence-corrected chi connectivity index (χ4v) is 5.86. The standard InChI is InChI=1S/C23H31BrN2O2S/c1-23(2,3)18-6-4-5-16(10-18)12-26-21-14-29(28)13-17(22(21)27)9-15-7-8-20(25)19(24)11-15/h4-8,10-11,17,21-22,26-27H,9,12-14,25H2,1-3H3/t17-,21-,22-,29?/m1/s1. The van der Waals surface area contributed by atoms with Gasteiger partial charge in [0.25, 0.3) is 0 Å². The largest absolute Gasteiger partial charge is 0.398 e. The molecule has 4 N–H and O–H groups in total. The number of nitrogens with two attached hydrogens (primary N) is 1. The minimum Gasteiger partial charge on any atom is -0.398 e. The summed E-state index contributed by atoms with van der Waals surface area (Å²) in [4.78, 5) is 0. The highest BCUT2D eigenvalue weighted by molar-refractivity contribution is 9.10. The maximum atomic E-state index is 12.5. The Bertz CT molecular complexity index is 881. The minimum atomic E-state index is -0.940. The van der Waals surface area contributed by atoms with Crippen molar-refractivity contribution in [3.05, 3.63) is 63.6 Å². The SMILES string of the molecule is CC(C)(C)c1cccc(CN[C@@H]2CS(=O)C[C@@H](Cc3ccc(N)c(Br)c3)[C@H]2O)c1. The van der Waals surface area contributed by atoms with Crippen LogP contribution in [0.25, 0.3) is 0 Å². The van der Waals surface area contributed by atoms with Crippen molar-refractivity contribution in [1.29, 1.82) is 0 Å². The van der Waals surface area contributed by atoms with Gasteiger partial charge < -0.3 is 16.2 Å². The zero-order valence-electron chi connectivity index (χ0n) is 17.3. The molecule has 6 heteroatoms. The van der Waals surface area contributed by atoms with E-state index in [4.69, 9.17) is 5.73 Å². The number of benzene rings is 2. The molecule has 1 heterocycles. The van der Waals surface area contributed by atoms with Gasteiger partial charge in [-0.25, -0.2) is 0 Å². The summed E-state index contributed by atoms with van der Waals surface area (Å²) in [5.74, 6) is 0.974. The molecular formula is C23H31BrN2O2S. The molecular weight excluding hydrogens is 448 g/mol. The van der Waals surface area contributed by atoms with Crippen molar-refractivity contribution >= 4 is 32.4 Å². The molecule has 1 unspecified atom stereocenters. The minimum absolute atomic E-state index is 0.0430. The van der Waals surface area contributed by atoms with Gasteiger partial charge in [0.2, 0.25) is 0 Å². The fourth-order valence-electron chi connectivity index (χ4n) is 3.79. The first-order chi connectivity index (χ1) is 13.6. The maximum Gasteiger partial charge on any atom is 0.0742 e. The van der Waals surface area contributed by atoms with Crippen LogP contribution in [0.5, 0.6) is 0 Å². The molecule has 1 saturated heterocycles. The number of hydrogen-bond acceptors (Lipinski definition) is 4. The zero-order valence-corrected chi connectivity index (χ0v) is 19.7. The number of nitrogen functional groups attached to an aromatic ring is 1. The second kappa shape index (κ2) is 9.29. The first kappa shape index (κ1) is 22.5. The molecule has 0 aromatic heterocycles. The molecule has 0 saturated carbocycles. The van der Waals surface area contributed by atoms with Gasteiger partial charge in [0.15, 0.2) is 0 Å². The summed E-state index contributed by atoms with van der Waals surface area (Å²) < 4.78 is 13.3. The van der Waals surface area contributed by atoms with E-state index in [0.717, 1.165) is 10.0 Å². The lowest BCUT2D eigenvalue weighted by Crippen LogP contribution is -2.53. The van der Waals surface area contributed by atoms with E-state index in [9.17, 15) is 9.32 Å². The van der Waals surface area contributed by atoms with Crippen molar-refractivity contribution in [3.63, 3.8) is 0 Å². The predicted octanol–water partition coefficient (Wildman–Crippen LogP) is 3.77. The van der Waals surface area contributed by atoms with Gasteiger partial charge in [-0.15, -0.1) is 0 Å². The van der Waals surface area contributed by atoms with Crippen LogP contribution < -0.4 is 11.1 Å². The first-order valence-corrected chi connectivity index (χ1v) is 12.3. The fraction of sp³-hybridized carbons (Fsp3) is 0.478. The molecule has 0 spiro atoms. The van der Waals surface area contributed by atoms with E-state index >= 15 is 0 Å². The van der Waals surface area contributed by atoms with Crippen LogP contribution in [-0.2, 0) is 29.2 Å². The summed E-state index contributed by atoms with van der Waals surface area (Å²) in [6.45, 7) is 7.26. The number of halogens is 1. The zero-order chi connectivity index (χ0) is 21.2. The molecule has 0 aliphatic carbocycles. The predicted molar refractivity (Wildman–Crippen MR) is 125 cm³/mol. The number of anilines is 1. The topological polar surface area (TPSA) is 75.4 Å². The average molecular weight is 479 g/mol. The lowest BCUT2D eigenvalue weighted by molar-refractivity contribution is 0.0795. The Kier molecular flexibility index (Phi) is 7.20. The van der Waals surface area contributed by atoms with Gasteiger partial charge in [0.1, 0.15) is 0 Å². The number of nitrogens with one attached hydrogen (secondary N) is 1. The normalized spacial score (nSPS) is 25.1. The van der Waals surface area contributed by atoms with E-state index in [1.54, 1.807) is 0 Å². The number of aliphatic hydroxyl groups is 1. The van der Waals surface area contributed by atoms with Crippen molar-refractivity contribution in [1.82, 2.24) is 5.32 Å². The van der Waals surface area contributed by atoms with Gasteiger partial charge in [-0.05, 0) is 56.6 Å². The lowest BCUT2D eigenvalue weighted by Gasteiger charge is -2.35. The van der Waals surface area contributed by atoms with Crippen LogP contribution in [0.4, 0.5) is 5.69 Å². The highest BCUT2D eigenvalue weighted by Crippen LogP contribution is 2.27. The number of rotatable bonds is 5. The van der Waals surface area contributed by atoms with Crippen molar-refractivity contribution in [2.45, 2.75) is 51.3 Å². The Hall–Kier alpha value is -1.21. The van der Waals surface area contributed by atoms with E-state index in [-0.39, 0.29) is 17.4 Å². The number of aliphatic hydroxyl groups excluding tert-OH is 1. The van der Waals surface area contributed by atoms with Crippen LogP contribution in [0, 0.1) is 5.92 Å². The Morgan fingerprint density at radius 2 is 1.93 bits per heavy atom. The van der Waals surface area contributed by atoms with Crippen molar-refractivity contribution in [2.24, 2.45) is 5.92 Å². The van der Waals surface area contributed by atoms with E-state index in [1.165, 1.54) is 11.1 Å². The van der Waals surface area contributed by atoms with Gasteiger partial charge in [-0.2, -0.15) is 0 Å². The molecule has 0 amide bonds. The Morgan fingerprint density at radius 3 is 2.62 bits per heavy atom. The Balaban J connectivity index is 1.66. The van der Waals surface area contributed by atoms with Gasteiger partial charge in [0, 0.05) is 51.0 Å². The molecule has 3 rings (SSSR count). The average Bonchev–Trinajstić information content (AvgIpc) is 2.66. The van der Waals surface area contributed by atoms with Crippen LogP contribution in [0.15, 0.2) is 46.9 Å². The summed E-state index contributed by atoms with van der Waals surface area (Å²) in [6, 6.07) is 14.2. The van der Waals surface area contributed by atoms with E-state index in [0.29, 0.717) is 30.2 Å². The molecule has 2 aromatic rings. The highest BCUT2D eigenvalue weighted by Gasteiger charge is 2.35. The number of hydrogen-bond donors (Lipinski definition) is 3. The van der Waals surface area contributed by atoms with Crippen molar-refractivity contribution in [3.8, 4) is 0 Å². The van der Waals surface area contributed by atoms with Gasteiger partial charge in [-0.3, -0.25) is 4.21 Å². The molecule has 158 valence electrons. The molecule has 4 nitrogen and oxygen atoms in total. The van der Waals surface area contributed by atoms with Crippen LogP contribution in [0.1, 0.15) is 37.5 Å². The monoisotopic (exact) mass is 478 g/mol. The molecule has 0 bridgehead atoms. The molecule has 4 atom stereocenters. The summed E-state index contributed by atoms with van der Waals surface area (Å²) in [5, 5.41) is 14.4. The third-order valence-corrected chi connectivity index (χ3v) is 7.80. The van der Waals surface area contributed by atoms with Crippen molar-refractivity contribution < 1.29 is 9.32 Å². The summed E-state index contributed by atoms with van der Waals surface area (Å²) in [6.07, 6.45) is 0.151. The van der Waals surface area contributed by atoms with Crippen LogP contribution in [0.2, 0.25) is 0 Å². The highest BCUT2D eigenvalue weighted by atomic mass is 79.9. The van der Waals surface area contributed by atoms with Crippen LogP contribution >= 0.6 is 15.9 Å². The summed E-state index contributed by atoms with van der Waals surface area (Å²) in [7, 11) is -0.940. The maximum absolute atomic E-state index is 12.5. The van der Waals surface area contributed by atoms with E-state index in [1.807, 2.05) is 18.2 Å². The second-order valence-electron chi connectivity index (χ2n) is 9.02. The Morgan fingerprint density at radius 1 is 1.17 bits per heavy atom. The van der Waals surface area contributed by atoms with Crippen molar-refractivity contribution in [2.75, 3.05) is 17.2 Å². The lowest BCUT2D eigenvalue weighted by atomic mass is 9.86. The summed E-state index contributed by atoms with van der Waals surface area (Å²) in [5.41, 5.74) is 10.2. The van der Waals surface area contributed by atoms with Crippen LogP contribution in [0.3, 0.4) is 0 Å². The third-order valence-electron chi connectivity index (χ3n) is 5.58. The Labute approximate surface area is 184 Å². The molecule has 1 aliphatic rings. The third kappa shape index (κ3) is 5.91. The first-order valence-electron chi connectivity index (χ1n) is 10.0. The molecule has 1 aliphatic heterocycles. The molecule has 2 aromatic carbocycles. The smallest absolute Gasteiger partial charge is 0.0742 e. The van der Waals surface area contributed by atoms with Crippen LogP contribution in [-0.4, -0.2) is 33.0 Å². The van der Waals surface area contributed by atoms with E-state index < -0.39 is 16.9 Å². The quantitative estimate of drug-likeness (QED) is 0.571. The summed E-state index contributed by atoms with van der Waals surface area (Å²) >= 11 is 3.46. The van der Waals surface area contributed by atoms with E-state index in [2.05, 4.69) is 66.3 Å². The van der Waals surface area contributed by atoms with Gasteiger partial charge >= 0.3 is 0 Å². The second-order valence-corrected chi connectivity index (χ2v) is 11.4. The van der Waals surface area contributed by atoms with Gasteiger partial charge in [-0.1, -0.05) is 51.1 Å².